The van der Waals surface area contributed by atoms with Crippen molar-refractivity contribution in [3.05, 3.63) is 54.2 Å². The highest BCUT2D eigenvalue weighted by Gasteiger charge is 2.18. The van der Waals surface area contributed by atoms with Crippen molar-refractivity contribution in [1.82, 2.24) is 9.78 Å². The van der Waals surface area contributed by atoms with Gasteiger partial charge in [-0.25, -0.2) is 4.79 Å². The Morgan fingerprint density at radius 1 is 1.14 bits per heavy atom. The van der Waals surface area contributed by atoms with E-state index in [1.54, 1.807) is 14.0 Å². The third-order valence-corrected chi connectivity index (χ3v) is 4.23. The van der Waals surface area contributed by atoms with Crippen molar-refractivity contribution in [2.75, 3.05) is 18.5 Å². The van der Waals surface area contributed by atoms with Crippen LogP contribution in [-0.4, -0.2) is 34.9 Å². The molecule has 0 unspecified atom stereocenters. The van der Waals surface area contributed by atoms with E-state index in [0.717, 1.165) is 16.5 Å². The number of carbonyl (C=O) groups is 2. The average Bonchev–Trinajstić information content (AvgIpc) is 3.06. The van der Waals surface area contributed by atoms with Crippen LogP contribution in [-0.2, 0) is 16.6 Å². The predicted molar refractivity (Wildman–Crippen MR) is 106 cm³/mol. The van der Waals surface area contributed by atoms with Gasteiger partial charge >= 0.3 is 5.97 Å². The molecule has 7 nitrogen and oxygen atoms in total. The molecular weight excluding hydrogens is 358 g/mol. The monoisotopic (exact) mass is 381 g/mol. The Morgan fingerprint density at radius 2 is 1.93 bits per heavy atom. The molecule has 0 spiro atoms. The van der Waals surface area contributed by atoms with Crippen molar-refractivity contribution in [2.24, 2.45) is 7.05 Å². The summed E-state index contributed by atoms with van der Waals surface area (Å²) in [6.07, 6.45) is 2.20. The first-order chi connectivity index (χ1) is 13.6. The fraction of sp³-hybridized carbons (Fsp3) is 0.286. The van der Waals surface area contributed by atoms with Crippen LogP contribution in [0.3, 0.4) is 0 Å². The van der Waals surface area contributed by atoms with Gasteiger partial charge in [-0.1, -0.05) is 30.3 Å². The summed E-state index contributed by atoms with van der Waals surface area (Å²) in [6.45, 7) is 2.40. The number of ether oxygens (including phenoxy) is 2. The number of carbonyl (C=O) groups excluding carboxylic acids is 2. The molecule has 0 fully saturated rings. The summed E-state index contributed by atoms with van der Waals surface area (Å²) < 4.78 is 12.2. The van der Waals surface area contributed by atoms with Gasteiger partial charge in [-0.2, -0.15) is 5.10 Å². The van der Waals surface area contributed by atoms with Gasteiger partial charge in [-0.15, -0.1) is 0 Å². The predicted octanol–water partition coefficient (Wildman–Crippen LogP) is 3.55. The maximum absolute atomic E-state index is 12.2. The van der Waals surface area contributed by atoms with Gasteiger partial charge in [0.1, 0.15) is 17.1 Å². The van der Waals surface area contributed by atoms with E-state index in [4.69, 9.17) is 9.47 Å². The van der Waals surface area contributed by atoms with Gasteiger partial charge in [0.2, 0.25) is 5.91 Å². The van der Waals surface area contributed by atoms with E-state index in [1.807, 2.05) is 42.5 Å². The van der Waals surface area contributed by atoms with Crippen molar-refractivity contribution in [3.63, 3.8) is 0 Å². The van der Waals surface area contributed by atoms with Crippen LogP contribution in [0.1, 0.15) is 30.1 Å². The first kappa shape index (κ1) is 19.4. The topological polar surface area (TPSA) is 82.5 Å². The molecule has 2 aromatic carbocycles. The van der Waals surface area contributed by atoms with Crippen molar-refractivity contribution in [2.45, 2.75) is 19.8 Å². The van der Waals surface area contributed by atoms with E-state index in [0.29, 0.717) is 18.8 Å². The van der Waals surface area contributed by atoms with E-state index in [1.165, 1.54) is 10.9 Å². The largest absolute Gasteiger partial charge is 0.494 e. The number of anilines is 1. The zero-order chi connectivity index (χ0) is 19.9. The molecule has 0 aliphatic rings. The number of aromatic nitrogens is 2. The molecule has 0 aliphatic carbocycles. The van der Waals surface area contributed by atoms with E-state index < -0.39 is 5.97 Å². The minimum Gasteiger partial charge on any atom is -0.494 e. The van der Waals surface area contributed by atoms with Crippen LogP contribution in [0.2, 0.25) is 0 Å². The second-order valence-corrected chi connectivity index (χ2v) is 6.26. The fourth-order valence-electron chi connectivity index (χ4n) is 2.82. The van der Waals surface area contributed by atoms with Crippen molar-refractivity contribution in [3.8, 4) is 5.75 Å². The number of aryl methyl sites for hydroxylation is 1. The Hall–Kier alpha value is -3.35. The number of nitrogens with one attached hydrogen (secondary N) is 1. The van der Waals surface area contributed by atoms with Gasteiger partial charge in [0.15, 0.2) is 0 Å². The molecular formula is C21H23N3O4. The van der Waals surface area contributed by atoms with Crippen LogP contribution in [0.5, 0.6) is 5.75 Å². The van der Waals surface area contributed by atoms with Crippen LogP contribution in [0.4, 0.5) is 5.82 Å². The second-order valence-electron chi connectivity index (χ2n) is 6.26. The maximum Gasteiger partial charge on any atom is 0.343 e. The molecule has 146 valence electrons. The molecule has 1 N–H and O–H groups in total. The summed E-state index contributed by atoms with van der Waals surface area (Å²) in [4.78, 5) is 24.1. The van der Waals surface area contributed by atoms with Crippen LogP contribution in [0.25, 0.3) is 10.8 Å². The third-order valence-electron chi connectivity index (χ3n) is 4.23. The van der Waals surface area contributed by atoms with Gasteiger partial charge < -0.3 is 14.8 Å². The Bertz CT molecular complexity index is 981. The van der Waals surface area contributed by atoms with Gasteiger partial charge in [-0.3, -0.25) is 9.48 Å². The quantitative estimate of drug-likeness (QED) is 0.477. The summed E-state index contributed by atoms with van der Waals surface area (Å²) in [5.74, 6) is 0.385. The Balaban J connectivity index is 1.49. The molecule has 3 aromatic rings. The summed E-state index contributed by atoms with van der Waals surface area (Å²) in [5, 5.41) is 9.00. The highest BCUT2D eigenvalue weighted by molar-refractivity contribution is 6.00. The first-order valence-corrected chi connectivity index (χ1v) is 9.19. The number of rotatable bonds is 8. The van der Waals surface area contributed by atoms with Crippen molar-refractivity contribution < 1.29 is 19.1 Å². The van der Waals surface area contributed by atoms with Crippen molar-refractivity contribution in [1.29, 1.82) is 0 Å². The Morgan fingerprint density at radius 3 is 2.71 bits per heavy atom. The van der Waals surface area contributed by atoms with E-state index in [-0.39, 0.29) is 24.5 Å². The highest BCUT2D eigenvalue weighted by atomic mass is 16.5. The molecule has 0 radical (unpaired) electrons. The lowest BCUT2D eigenvalue weighted by atomic mass is 10.1. The second kappa shape index (κ2) is 9.03. The van der Waals surface area contributed by atoms with E-state index >= 15 is 0 Å². The molecule has 7 heteroatoms. The van der Waals surface area contributed by atoms with Crippen molar-refractivity contribution >= 4 is 28.5 Å². The molecule has 0 aliphatic heterocycles. The minimum absolute atomic E-state index is 0.212. The fourth-order valence-corrected chi connectivity index (χ4v) is 2.82. The SMILES string of the molecule is CCOC(=O)c1cnn(C)c1NC(=O)CCCOc1ccc2ccccc2c1. The first-order valence-electron chi connectivity index (χ1n) is 9.19. The van der Waals surface area contributed by atoms with Gasteiger partial charge in [0, 0.05) is 13.5 Å². The summed E-state index contributed by atoms with van der Waals surface area (Å²) in [5.41, 5.74) is 0.241. The van der Waals surface area contributed by atoms with E-state index in [9.17, 15) is 9.59 Å². The van der Waals surface area contributed by atoms with Crippen LogP contribution >= 0.6 is 0 Å². The molecule has 0 saturated heterocycles. The molecule has 1 amide bonds. The summed E-state index contributed by atoms with van der Waals surface area (Å²) in [6, 6.07) is 14.0. The lowest BCUT2D eigenvalue weighted by Crippen LogP contribution is -2.18. The van der Waals surface area contributed by atoms with Gasteiger partial charge in [0.05, 0.1) is 19.4 Å². The molecule has 3 rings (SSSR count). The molecule has 0 bridgehead atoms. The minimum atomic E-state index is -0.509. The standard InChI is InChI=1S/C21H23N3O4/c1-3-27-21(26)18-14-22-24(2)20(18)23-19(25)9-6-12-28-17-11-10-15-7-4-5-8-16(15)13-17/h4-5,7-8,10-11,13-14H,3,6,9,12H2,1-2H3,(H,23,25). The summed E-state index contributed by atoms with van der Waals surface area (Å²) >= 11 is 0. The smallest absolute Gasteiger partial charge is 0.343 e. The van der Waals surface area contributed by atoms with Crippen LogP contribution < -0.4 is 10.1 Å². The molecule has 1 heterocycles. The number of hydrogen-bond acceptors (Lipinski definition) is 5. The van der Waals surface area contributed by atoms with Crippen LogP contribution in [0, 0.1) is 0 Å². The highest BCUT2D eigenvalue weighted by Crippen LogP contribution is 2.21. The molecule has 28 heavy (non-hydrogen) atoms. The van der Waals surface area contributed by atoms with Gasteiger partial charge in [0.25, 0.3) is 0 Å². The molecule has 1 aromatic heterocycles. The number of benzene rings is 2. The lowest BCUT2D eigenvalue weighted by molar-refractivity contribution is -0.116. The van der Waals surface area contributed by atoms with E-state index in [2.05, 4.69) is 10.4 Å². The summed E-state index contributed by atoms with van der Waals surface area (Å²) in [7, 11) is 1.65. The number of esters is 1. The number of fused-ring (bicyclic) bond motifs is 1. The zero-order valence-electron chi connectivity index (χ0n) is 16.0. The normalized spacial score (nSPS) is 10.6. The maximum atomic E-state index is 12.2. The molecule has 0 saturated carbocycles. The average molecular weight is 381 g/mol. The number of amides is 1. The van der Waals surface area contributed by atoms with Crippen LogP contribution in [0.15, 0.2) is 48.7 Å². The molecule has 0 atom stereocenters. The third kappa shape index (κ3) is 4.68. The zero-order valence-corrected chi connectivity index (χ0v) is 16.0. The Labute approximate surface area is 163 Å². The Kier molecular flexibility index (Phi) is 6.26. The number of hydrogen-bond donors (Lipinski definition) is 1. The van der Waals surface area contributed by atoms with Gasteiger partial charge in [-0.05, 0) is 36.2 Å². The number of nitrogens with zero attached hydrogens (tertiary/aromatic N) is 2. The lowest BCUT2D eigenvalue weighted by Gasteiger charge is -2.09.